The molecule has 0 saturated heterocycles. The van der Waals surface area contributed by atoms with Crippen molar-refractivity contribution in [3.63, 3.8) is 0 Å². The van der Waals surface area contributed by atoms with Crippen molar-refractivity contribution in [2.45, 2.75) is 21.3 Å². The molecule has 3 rings (SSSR count). The molecule has 2 unspecified atom stereocenters. The fourth-order valence-electron chi connectivity index (χ4n) is 2.76. The molecule has 0 aromatic carbocycles. The van der Waals surface area contributed by atoms with E-state index in [0.29, 0.717) is 0 Å². The van der Waals surface area contributed by atoms with Gasteiger partial charge >= 0.3 is 22.8 Å². The first-order chi connectivity index (χ1) is 14.5. The zero-order chi connectivity index (χ0) is 24.1. The van der Waals surface area contributed by atoms with Crippen molar-refractivity contribution < 1.29 is 42.3 Å². The van der Waals surface area contributed by atoms with Crippen LogP contribution in [0.5, 0.6) is 0 Å². The van der Waals surface area contributed by atoms with Crippen molar-refractivity contribution in [1.29, 1.82) is 0 Å². The molecule has 178 valence electrons. The van der Waals surface area contributed by atoms with Crippen molar-refractivity contribution in [2.75, 3.05) is 12.1 Å². The number of fused-ring (bicyclic) bond motifs is 1. The molecule has 15 nitrogen and oxygen atoms in total. The maximum Gasteiger partial charge on any atom is 0.375 e. The number of ether oxygens (including phenoxy) is 1. The Labute approximate surface area is 195 Å². The molecule has 0 radical (unpaired) electrons. The maximum atomic E-state index is 12.2. The van der Waals surface area contributed by atoms with Crippen LogP contribution < -0.4 is 11.3 Å². The third-order valence-electron chi connectivity index (χ3n) is 4.21. The lowest BCUT2D eigenvalue weighted by atomic mass is 10.2. The second kappa shape index (κ2) is 8.82. The quantitative estimate of drug-likeness (QED) is 0.136. The van der Waals surface area contributed by atoms with E-state index in [0.717, 1.165) is 0 Å². The van der Waals surface area contributed by atoms with Gasteiger partial charge in [-0.05, 0) is 31.9 Å². The number of nitrogens with one attached hydrogen (secondary N) is 1. The van der Waals surface area contributed by atoms with E-state index < -0.39 is 49.6 Å². The molecule has 20 heteroatoms. The summed E-state index contributed by atoms with van der Waals surface area (Å²) in [4.78, 5) is 60.2. The summed E-state index contributed by atoms with van der Waals surface area (Å²) < 4.78 is 43.9. The minimum atomic E-state index is -5.39. The van der Waals surface area contributed by atoms with E-state index in [1.165, 1.54) is 6.33 Å². The number of rotatable bonds is 8. The number of allylic oxidation sites excluding steroid dienone is 1. The molecule has 0 fully saturated rings. The summed E-state index contributed by atoms with van der Waals surface area (Å²) >= 11 is 4.67. The van der Waals surface area contributed by atoms with Crippen LogP contribution in [0.15, 0.2) is 23.3 Å². The number of aromatic amines is 1. The Morgan fingerprint density at radius 1 is 1.25 bits per heavy atom. The van der Waals surface area contributed by atoms with Gasteiger partial charge in [-0.3, -0.25) is 23.5 Å². The molecule has 1 aliphatic rings. The highest BCUT2D eigenvalue weighted by Crippen LogP contribution is 2.81. The van der Waals surface area contributed by atoms with E-state index in [1.54, 1.807) is 16.7 Å². The first-order valence-electron chi connectivity index (χ1n) is 8.36. The molecule has 2 aromatic heterocycles. The van der Waals surface area contributed by atoms with Crippen LogP contribution in [0.25, 0.3) is 11.2 Å². The van der Waals surface area contributed by atoms with E-state index >= 15 is 0 Å². The van der Waals surface area contributed by atoms with Gasteiger partial charge in [0.15, 0.2) is 11.2 Å². The second-order valence-corrected chi connectivity index (χ2v) is 18.5. The molecule has 32 heavy (non-hydrogen) atoms. The van der Waals surface area contributed by atoms with Crippen molar-refractivity contribution in [2.24, 2.45) is 0 Å². The third kappa shape index (κ3) is 5.18. The smallest absolute Gasteiger partial charge is 0.369 e. The van der Waals surface area contributed by atoms with Gasteiger partial charge in [-0.15, -0.1) is 0 Å². The normalized spacial score (nSPS) is 23.3. The van der Waals surface area contributed by atoms with Gasteiger partial charge in [0, 0.05) is 6.42 Å². The summed E-state index contributed by atoms with van der Waals surface area (Å²) in [5.74, 6) is -0.101. The zero-order valence-corrected chi connectivity index (χ0v) is 21.4. The van der Waals surface area contributed by atoms with E-state index in [2.05, 4.69) is 51.1 Å². The van der Waals surface area contributed by atoms with Crippen molar-refractivity contribution in [3.8, 4) is 0 Å². The van der Waals surface area contributed by atoms with Crippen LogP contribution in [0, 0.1) is 0 Å². The minimum absolute atomic E-state index is 0.0713. The highest BCUT2D eigenvalue weighted by Gasteiger charge is 2.60. The zero-order valence-electron chi connectivity index (χ0n) is 15.6. The number of hydrogen-bond acceptors (Lipinski definition) is 9. The Bertz CT molecular complexity index is 1270. The molecule has 4 atom stereocenters. The number of imidazole rings is 1. The molecule has 2 heterocycles. The average molecular weight is 643 g/mol. The fraction of sp³-hybridized carbons (Fsp3) is 0.417. The lowest BCUT2D eigenvalue weighted by molar-refractivity contribution is 0.103. The average Bonchev–Trinajstić information content (AvgIpc) is 3.24. The maximum absolute atomic E-state index is 12.2. The van der Waals surface area contributed by atoms with Crippen molar-refractivity contribution >= 4 is 71.8 Å². The number of aromatic nitrogens is 4. The largest absolute Gasteiger partial charge is 0.375 e. The Morgan fingerprint density at radius 3 is 2.53 bits per heavy atom. The third-order valence-corrected chi connectivity index (χ3v) is 15.0. The number of nitrogens with two attached hydrogens (primary N) is 1. The minimum Gasteiger partial charge on any atom is -0.369 e. The fourth-order valence-corrected chi connectivity index (χ4v) is 7.92. The van der Waals surface area contributed by atoms with Gasteiger partial charge in [0.1, 0.15) is 6.35 Å². The molecule has 0 saturated carbocycles. The lowest BCUT2D eigenvalue weighted by Crippen LogP contribution is -2.16. The number of nitrogens with zero attached hydrogens (tertiary/aromatic N) is 3. The van der Waals surface area contributed by atoms with Crippen LogP contribution in [0.1, 0.15) is 12.5 Å². The SMILES string of the molecule is Nc1nc2c(ncn2[C@H]2C=C[C@@H](OCP(=O)(O)OP(=O)(O)C(Br)(Br)P(=O)(O)O)C2)c(=O)[nH]1. The Kier molecular flexibility index (Phi) is 7.14. The topological polar surface area (TPSA) is 240 Å². The number of H-pyrrole nitrogens is 1. The van der Waals surface area contributed by atoms with E-state index in [-0.39, 0.29) is 23.5 Å². The number of nitrogen functional groups attached to an aromatic ring is 1. The van der Waals surface area contributed by atoms with Crippen LogP contribution in [-0.4, -0.2) is 54.3 Å². The monoisotopic (exact) mass is 641 g/mol. The van der Waals surface area contributed by atoms with Gasteiger partial charge in [-0.2, -0.15) is 4.98 Å². The van der Waals surface area contributed by atoms with Gasteiger partial charge in [0.05, 0.1) is 18.5 Å². The van der Waals surface area contributed by atoms with Crippen LogP contribution in [0.2, 0.25) is 0 Å². The first kappa shape index (κ1) is 25.9. The second-order valence-electron chi connectivity index (χ2n) is 6.59. The highest BCUT2D eigenvalue weighted by molar-refractivity contribution is 9.29. The summed E-state index contributed by atoms with van der Waals surface area (Å²) in [6.45, 7) is 0. The summed E-state index contributed by atoms with van der Waals surface area (Å²) in [7, 11) is -15.6. The summed E-state index contributed by atoms with van der Waals surface area (Å²) in [5, 5.41) is 0. The molecule has 0 amide bonds. The van der Waals surface area contributed by atoms with Gasteiger partial charge in [0.25, 0.3) is 8.27 Å². The molecular formula is C12H16Br2N5O10P3. The van der Waals surface area contributed by atoms with Crippen LogP contribution in [0.3, 0.4) is 0 Å². The van der Waals surface area contributed by atoms with Crippen LogP contribution in [-0.2, 0) is 22.7 Å². The van der Waals surface area contributed by atoms with E-state index in [4.69, 9.17) is 20.3 Å². The standard InChI is InChI=1S/C12H16Br2N5O10P3/c13-12(14,31(23,24)25)32(26,27)29-30(21,22)5-28-7-2-1-6(3-7)19-4-16-8-9(19)17-11(15)18-10(8)20/h1-2,4,6-7H,3,5H2,(H,21,22)(H,26,27)(H2,23,24,25)(H3,15,17,18,20)/t6-,7+/m0/s1. The molecule has 0 aliphatic heterocycles. The molecule has 7 N–H and O–H groups in total. The summed E-state index contributed by atoms with van der Waals surface area (Å²) in [5.41, 5.74) is 5.34. The summed E-state index contributed by atoms with van der Waals surface area (Å²) in [6.07, 6.45) is 3.02. The summed E-state index contributed by atoms with van der Waals surface area (Å²) in [6, 6.07) is -0.394. The highest BCUT2D eigenvalue weighted by atomic mass is 79.9. The van der Waals surface area contributed by atoms with Crippen LogP contribution in [0.4, 0.5) is 5.95 Å². The first-order valence-corrected chi connectivity index (χ1v) is 14.9. The number of hydrogen-bond donors (Lipinski definition) is 6. The van der Waals surface area contributed by atoms with Gasteiger partial charge in [0.2, 0.25) is 5.95 Å². The molecular weight excluding hydrogens is 627 g/mol. The van der Waals surface area contributed by atoms with Crippen LogP contribution >= 0.6 is 54.6 Å². The molecule has 1 aliphatic carbocycles. The number of alkyl halides is 2. The van der Waals surface area contributed by atoms with Gasteiger partial charge in [-0.25, -0.2) is 9.29 Å². The predicted octanol–water partition coefficient (Wildman–Crippen LogP) is 1.51. The number of halogens is 2. The van der Waals surface area contributed by atoms with E-state index in [1.807, 2.05) is 0 Å². The predicted molar refractivity (Wildman–Crippen MR) is 118 cm³/mol. The molecule has 2 aromatic rings. The van der Waals surface area contributed by atoms with Gasteiger partial charge in [-0.1, -0.05) is 12.2 Å². The number of anilines is 1. The Morgan fingerprint density at radius 2 is 1.91 bits per heavy atom. The lowest BCUT2D eigenvalue weighted by Gasteiger charge is -2.27. The van der Waals surface area contributed by atoms with E-state index in [9.17, 15) is 28.3 Å². The van der Waals surface area contributed by atoms with Crippen molar-refractivity contribution in [3.05, 3.63) is 28.8 Å². The van der Waals surface area contributed by atoms with Gasteiger partial charge < -0.3 is 34.6 Å². The Balaban J connectivity index is 1.66. The van der Waals surface area contributed by atoms with Crippen molar-refractivity contribution in [1.82, 2.24) is 19.5 Å². The Hall–Kier alpha value is -0.700. The molecule has 0 spiro atoms. The molecule has 0 bridgehead atoms.